The van der Waals surface area contributed by atoms with Crippen LogP contribution in [0.2, 0.25) is 0 Å². The van der Waals surface area contributed by atoms with Gasteiger partial charge in [0, 0.05) is 34.1 Å². The average Bonchev–Trinajstić information content (AvgIpc) is 3.69. The highest BCUT2D eigenvalue weighted by molar-refractivity contribution is 6.13. The molecule has 3 atom stereocenters. The maximum Gasteiger partial charge on any atom is 0.100 e. The Morgan fingerprint density at radius 3 is 2.55 bits per heavy atom. The first-order valence-electron chi connectivity index (χ1n) is 17.2. The highest BCUT2D eigenvalue weighted by Gasteiger charge is 2.39. The van der Waals surface area contributed by atoms with Crippen molar-refractivity contribution >= 4 is 44.8 Å². The van der Waals surface area contributed by atoms with E-state index in [-0.39, 0.29) is 12.1 Å². The molecule has 0 bridgehead atoms. The second-order valence-corrected chi connectivity index (χ2v) is 12.9. The summed E-state index contributed by atoms with van der Waals surface area (Å²) < 4.78 is 2.07. The van der Waals surface area contributed by atoms with E-state index in [9.17, 15) is 15.8 Å². The van der Waals surface area contributed by atoms with Gasteiger partial charge in [-0.15, -0.1) is 0 Å². The molecule has 0 amide bonds. The second kappa shape index (κ2) is 13.2. The standard InChI is InChI=1S/C46H33N5/c1-2-3-4-12-34(30-50-42-24-23-31(27-47)25-40(42)46-33(28-48)14-10-22-45(46)50)37-19-11-18-36(41(37)29-49)32-13-9-15-35(26-32)51-43-20-7-5-16-38(43)39-17-6-8-21-44(39)51/h2-14,16-26,30,35,38,43H,15H2,1H3/b3-2-,12-4-,34-30-. The molecule has 3 aliphatic rings. The van der Waals surface area contributed by atoms with Crippen molar-refractivity contribution in [2.75, 3.05) is 4.90 Å². The van der Waals surface area contributed by atoms with E-state index in [1.807, 2.05) is 79.9 Å². The number of fused-ring (bicyclic) bond motifs is 6. The fourth-order valence-electron chi connectivity index (χ4n) is 7.92. The van der Waals surface area contributed by atoms with Crippen LogP contribution in [0.3, 0.4) is 0 Å². The molecule has 51 heavy (non-hydrogen) atoms. The normalized spacial score (nSPS) is 19.3. The topological polar surface area (TPSA) is 79.5 Å². The van der Waals surface area contributed by atoms with Crippen LogP contribution in [-0.4, -0.2) is 16.7 Å². The molecule has 0 saturated heterocycles. The van der Waals surface area contributed by atoms with Gasteiger partial charge in [0.25, 0.3) is 0 Å². The SMILES string of the molecule is C\C=C/C=C\C(=C\n1c2ccc(C#N)cc2c2c(C#N)cccc21)c1cccc(C2=CC(N3c4ccccc4C4C=CC=CC43)CC=C2)c1C#N. The number of hydrogen-bond acceptors (Lipinski definition) is 4. The lowest BCUT2D eigenvalue weighted by Crippen LogP contribution is -2.41. The Morgan fingerprint density at radius 2 is 1.71 bits per heavy atom. The summed E-state index contributed by atoms with van der Waals surface area (Å²) in [6, 6.07) is 33.6. The van der Waals surface area contributed by atoms with Crippen LogP contribution < -0.4 is 4.90 Å². The fourth-order valence-corrected chi connectivity index (χ4v) is 7.92. The molecule has 242 valence electrons. The number of aromatic nitrogens is 1. The van der Waals surface area contributed by atoms with Crippen LogP contribution in [0.25, 0.3) is 39.2 Å². The van der Waals surface area contributed by atoms with Crippen molar-refractivity contribution in [3.8, 4) is 18.2 Å². The molecular weight excluding hydrogens is 623 g/mol. The average molecular weight is 656 g/mol. The van der Waals surface area contributed by atoms with Crippen LogP contribution in [-0.2, 0) is 0 Å². The van der Waals surface area contributed by atoms with E-state index in [0.717, 1.165) is 50.5 Å². The Labute approximate surface area is 297 Å². The minimum atomic E-state index is 0.127. The smallest absolute Gasteiger partial charge is 0.100 e. The van der Waals surface area contributed by atoms with Crippen molar-refractivity contribution in [2.24, 2.45) is 0 Å². The molecule has 1 aromatic heterocycles. The number of rotatable bonds is 6. The van der Waals surface area contributed by atoms with E-state index < -0.39 is 0 Å². The summed E-state index contributed by atoms with van der Waals surface area (Å²) in [5.41, 5.74) is 9.56. The summed E-state index contributed by atoms with van der Waals surface area (Å²) in [5, 5.41) is 32.2. The second-order valence-electron chi connectivity index (χ2n) is 12.9. The van der Waals surface area contributed by atoms with E-state index in [4.69, 9.17) is 0 Å². The van der Waals surface area contributed by atoms with Crippen LogP contribution in [0.5, 0.6) is 0 Å². The highest BCUT2D eigenvalue weighted by atomic mass is 15.2. The van der Waals surface area contributed by atoms with Crippen LogP contribution in [0.1, 0.15) is 52.6 Å². The van der Waals surface area contributed by atoms with E-state index in [1.54, 1.807) is 12.1 Å². The predicted octanol–water partition coefficient (Wildman–Crippen LogP) is 10.4. The van der Waals surface area contributed by atoms with Gasteiger partial charge in [-0.3, -0.25) is 0 Å². The van der Waals surface area contributed by atoms with Crippen LogP contribution in [0, 0.1) is 34.0 Å². The summed E-state index contributed by atoms with van der Waals surface area (Å²) in [6.45, 7) is 1.97. The molecule has 5 aromatic rings. The Balaban J connectivity index is 1.28. The summed E-state index contributed by atoms with van der Waals surface area (Å²) in [4.78, 5) is 2.54. The van der Waals surface area contributed by atoms with E-state index in [0.29, 0.717) is 22.6 Å². The molecule has 5 nitrogen and oxygen atoms in total. The molecule has 8 rings (SSSR count). The number of benzene rings is 4. The summed E-state index contributed by atoms with van der Waals surface area (Å²) in [6.07, 6.45) is 26.5. The Hall–Kier alpha value is -6.87. The van der Waals surface area contributed by atoms with Gasteiger partial charge in [-0.2, -0.15) is 15.8 Å². The highest BCUT2D eigenvalue weighted by Crippen LogP contribution is 2.46. The lowest BCUT2D eigenvalue weighted by atomic mass is 9.88. The summed E-state index contributed by atoms with van der Waals surface area (Å²) in [7, 11) is 0. The number of para-hydroxylation sites is 1. The Bertz CT molecular complexity index is 2580. The molecule has 3 unspecified atom stereocenters. The molecule has 5 heteroatoms. The molecule has 2 aliphatic carbocycles. The monoisotopic (exact) mass is 655 g/mol. The molecule has 0 radical (unpaired) electrons. The van der Waals surface area contributed by atoms with Crippen molar-refractivity contribution in [1.29, 1.82) is 15.8 Å². The third-order valence-electron chi connectivity index (χ3n) is 10.1. The number of anilines is 1. The van der Waals surface area contributed by atoms with Gasteiger partial charge in [0.15, 0.2) is 0 Å². The number of nitriles is 3. The van der Waals surface area contributed by atoms with Gasteiger partial charge in [0.05, 0.1) is 51.9 Å². The third-order valence-corrected chi connectivity index (χ3v) is 10.1. The molecule has 4 aromatic carbocycles. The maximum atomic E-state index is 10.8. The zero-order chi connectivity index (χ0) is 34.9. The molecule has 0 saturated carbocycles. The lowest BCUT2D eigenvalue weighted by Gasteiger charge is -2.36. The van der Waals surface area contributed by atoms with E-state index >= 15 is 0 Å². The largest absolute Gasteiger partial charge is 0.357 e. The third kappa shape index (κ3) is 5.32. The van der Waals surface area contributed by atoms with Crippen molar-refractivity contribution < 1.29 is 0 Å². The van der Waals surface area contributed by atoms with Gasteiger partial charge in [-0.25, -0.2) is 0 Å². The maximum absolute atomic E-state index is 10.8. The zero-order valence-corrected chi connectivity index (χ0v) is 28.1. The molecule has 0 spiro atoms. The van der Waals surface area contributed by atoms with Gasteiger partial charge < -0.3 is 9.47 Å². The van der Waals surface area contributed by atoms with Gasteiger partial charge >= 0.3 is 0 Å². The molecule has 0 N–H and O–H groups in total. The first kappa shape index (κ1) is 31.4. The quantitative estimate of drug-likeness (QED) is 0.171. The van der Waals surface area contributed by atoms with E-state index in [1.165, 1.54) is 11.3 Å². The predicted molar refractivity (Wildman–Crippen MR) is 207 cm³/mol. The first-order chi connectivity index (χ1) is 25.1. The van der Waals surface area contributed by atoms with Crippen molar-refractivity contribution in [1.82, 2.24) is 4.57 Å². The van der Waals surface area contributed by atoms with Crippen molar-refractivity contribution in [3.05, 3.63) is 179 Å². The van der Waals surface area contributed by atoms with Crippen LogP contribution >= 0.6 is 0 Å². The first-order valence-corrected chi connectivity index (χ1v) is 17.2. The van der Waals surface area contributed by atoms with Gasteiger partial charge in [0.2, 0.25) is 0 Å². The van der Waals surface area contributed by atoms with Crippen molar-refractivity contribution in [3.63, 3.8) is 0 Å². The van der Waals surface area contributed by atoms with Crippen LogP contribution in [0.15, 0.2) is 146 Å². The zero-order valence-electron chi connectivity index (χ0n) is 28.1. The van der Waals surface area contributed by atoms with Gasteiger partial charge in [-0.05, 0) is 72.0 Å². The van der Waals surface area contributed by atoms with Gasteiger partial charge in [0.1, 0.15) is 6.07 Å². The minimum absolute atomic E-state index is 0.127. The number of allylic oxidation sites excluding steroid dienone is 9. The molecule has 1 aliphatic heterocycles. The minimum Gasteiger partial charge on any atom is -0.357 e. The number of hydrogen-bond donors (Lipinski definition) is 0. The fraction of sp³-hybridized carbons (Fsp3) is 0.109. The van der Waals surface area contributed by atoms with Gasteiger partial charge in [-0.1, -0.05) is 109 Å². The Morgan fingerprint density at radius 1 is 0.843 bits per heavy atom. The van der Waals surface area contributed by atoms with Crippen LogP contribution in [0.4, 0.5) is 5.69 Å². The molecule has 2 heterocycles. The van der Waals surface area contributed by atoms with Crippen molar-refractivity contribution in [2.45, 2.75) is 31.3 Å². The van der Waals surface area contributed by atoms with E-state index in [2.05, 4.69) is 94.5 Å². The lowest BCUT2D eigenvalue weighted by molar-refractivity contribution is 0.615. The summed E-state index contributed by atoms with van der Waals surface area (Å²) >= 11 is 0. The Kier molecular flexibility index (Phi) is 8.13. The molecule has 0 fully saturated rings. The molecular formula is C46H33N5. The summed E-state index contributed by atoms with van der Waals surface area (Å²) in [5.74, 6) is 0.320. The number of nitrogens with zero attached hydrogens (tertiary/aromatic N) is 5.